The minimum Gasteiger partial charge on any atom is -0.491 e. The molecule has 2 heterocycles. The lowest BCUT2D eigenvalue weighted by Gasteiger charge is -2.15. The van der Waals surface area contributed by atoms with Gasteiger partial charge in [-0.05, 0) is 55.2 Å². The Hall–Kier alpha value is -2.86. The van der Waals surface area contributed by atoms with Crippen molar-refractivity contribution in [3.63, 3.8) is 0 Å². The molecule has 1 aromatic carbocycles. The Labute approximate surface area is 171 Å². The predicted molar refractivity (Wildman–Crippen MR) is 113 cm³/mol. The molecule has 2 aromatic heterocycles. The number of hydrogen-bond acceptors (Lipinski definition) is 4. The quantitative estimate of drug-likeness (QED) is 0.566. The largest absolute Gasteiger partial charge is 0.491 e. The Balaban J connectivity index is 2.15. The zero-order chi connectivity index (χ0) is 21.1. The summed E-state index contributed by atoms with van der Waals surface area (Å²) >= 11 is 0. The van der Waals surface area contributed by atoms with Crippen LogP contribution >= 0.6 is 0 Å². The van der Waals surface area contributed by atoms with Crippen molar-refractivity contribution < 1.29 is 19.4 Å². The maximum atomic E-state index is 12.0. The van der Waals surface area contributed by atoms with Crippen LogP contribution in [0.2, 0.25) is 0 Å². The highest BCUT2D eigenvalue weighted by Crippen LogP contribution is 2.34. The summed E-state index contributed by atoms with van der Waals surface area (Å²) in [6, 6.07) is 7.88. The molecule has 0 amide bonds. The molecular weight excluding hydrogens is 368 g/mol. The van der Waals surface area contributed by atoms with E-state index in [1.807, 2.05) is 42.7 Å². The molecule has 0 atom stereocenters. The van der Waals surface area contributed by atoms with Crippen molar-refractivity contribution in [1.82, 2.24) is 9.55 Å². The maximum Gasteiger partial charge on any atom is 0.337 e. The van der Waals surface area contributed by atoms with E-state index in [2.05, 4.69) is 18.8 Å². The van der Waals surface area contributed by atoms with E-state index < -0.39 is 5.97 Å². The van der Waals surface area contributed by atoms with Gasteiger partial charge < -0.3 is 19.1 Å². The van der Waals surface area contributed by atoms with Crippen molar-refractivity contribution in [3.05, 3.63) is 58.5 Å². The first-order valence-corrected chi connectivity index (χ1v) is 9.76. The van der Waals surface area contributed by atoms with E-state index in [0.717, 1.165) is 28.0 Å². The van der Waals surface area contributed by atoms with Crippen LogP contribution < -0.4 is 4.74 Å². The Morgan fingerprint density at radius 1 is 1.17 bits per heavy atom. The number of methoxy groups -OCH3 is 1. The zero-order valence-electron chi connectivity index (χ0n) is 17.7. The summed E-state index contributed by atoms with van der Waals surface area (Å²) in [6.45, 7) is 9.60. The standard InChI is InChI=1S/C23H28N2O4/c1-14(2)19-10-18(29-7-6-28-5)11-20-21(23(26)27)13-25(22(19)20)12-17-9-15(3)8-16(4)24-17/h8-11,13-14H,6-7,12H2,1-5H3,(H,26,27). The van der Waals surface area contributed by atoms with Crippen LogP contribution in [0.4, 0.5) is 0 Å². The van der Waals surface area contributed by atoms with Gasteiger partial charge in [-0.3, -0.25) is 4.98 Å². The molecule has 1 N–H and O–H groups in total. The number of ether oxygens (including phenoxy) is 2. The third kappa shape index (κ3) is 4.59. The molecule has 29 heavy (non-hydrogen) atoms. The number of aromatic nitrogens is 2. The van der Waals surface area contributed by atoms with Crippen LogP contribution in [0.5, 0.6) is 5.75 Å². The SMILES string of the molecule is COCCOc1cc(C(C)C)c2c(c1)c(C(=O)O)cn2Cc1cc(C)cc(C)n1. The smallest absolute Gasteiger partial charge is 0.337 e. The predicted octanol–water partition coefficient (Wildman–Crippen LogP) is 4.55. The van der Waals surface area contributed by atoms with Crippen LogP contribution in [0.3, 0.4) is 0 Å². The lowest BCUT2D eigenvalue weighted by Crippen LogP contribution is -2.06. The normalized spacial score (nSPS) is 11.4. The molecule has 3 aromatic rings. The van der Waals surface area contributed by atoms with Crippen LogP contribution in [-0.4, -0.2) is 41.0 Å². The molecule has 0 saturated carbocycles. The number of hydrogen-bond donors (Lipinski definition) is 1. The van der Waals surface area contributed by atoms with Gasteiger partial charge in [0.1, 0.15) is 12.4 Å². The molecule has 0 aliphatic heterocycles. The van der Waals surface area contributed by atoms with Gasteiger partial charge in [-0.1, -0.05) is 13.8 Å². The van der Waals surface area contributed by atoms with Crippen molar-refractivity contribution in [2.24, 2.45) is 0 Å². The van der Waals surface area contributed by atoms with E-state index in [-0.39, 0.29) is 11.5 Å². The molecule has 0 fully saturated rings. The molecule has 6 nitrogen and oxygen atoms in total. The second-order valence-electron chi connectivity index (χ2n) is 7.66. The lowest BCUT2D eigenvalue weighted by molar-refractivity contribution is 0.0698. The fourth-order valence-electron chi connectivity index (χ4n) is 3.69. The molecule has 0 aliphatic rings. The van der Waals surface area contributed by atoms with Crippen molar-refractivity contribution in [1.29, 1.82) is 0 Å². The van der Waals surface area contributed by atoms with Crippen LogP contribution in [-0.2, 0) is 11.3 Å². The summed E-state index contributed by atoms with van der Waals surface area (Å²) in [5.74, 6) is -0.0973. The van der Waals surface area contributed by atoms with E-state index in [9.17, 15) is 9.90 Å². The first-order valence-electron chi connectivity index (χ1n) is 9.76. The summed E-state index contributed by atoms with van der Waals surface area (Å²) in [5.41, 5.74) is 5.23. The number of aryl methyl sites for hydroxylation is 2. The summed E-state index contributed by atoms with van der Waals surface area (Å²) in [4.78, 5) is 16.6. The third-order valence-corrected chi connectivity index (χ3v) is 4.87. The topological polar surface area (TPSA) is 73.6 Å². The number of pyridine rings is 1. The van der Waals surface area contributed by atoms with E-state index in [4.69, 9.17) is 9.47 Å². The molecule has 0 saturated heterocycles. The summed E-state index contributed by atoms with van der Waals surface area (Å²) in [5, 5.41) is 10.5. The highest BCUT2D eigenvalue weighted by atomic mass is 16.5. The van der Waals surface area contributed by atoms with Crippen molar-refractivity contribution in [3.8, 4) is 5.75 Å². The number of nitrogens with zero attached hydrogens (tertiary/aromatic N) is 2. The highest BCUT2D eigenvalue weighted by molar-refractivity contribution is 6.05. The molecule has 0 spiro atoms. The zero-order valence-corrected chi connectivity index (χ0v) is 17.7. The third-order valence-electron chi connectivity index (χ3n) is 4.87. The molecule has 0 radical (unpaired) electrons. The van der Waals surface area contributed by atoms with Gasteiger partial charge in [-0.25, -0.2) is 4.79 Å². The number of fused-ring (bicyclic) bond motifs is 1. The monoisotopic (exact) mass is 396 g/mol. The highest BCUT2D eigenvalue weighted by Gasteiger charge is 2.20. The van der Waals surface area contributed by atoms with Crippen LogP contribution in [0.1, 0.15) is 52.6 Å². The van der Waals surface area contributed by atoms with Gasteiger partial charge in [-0.2, -0.15) is 0 Å². The van der Waals surface area contributed by atoms with Crippen LogP contribution in [0.25, 0.3) is 10.9 Å². The lowest BCUT2D eigenvalue weighted by atomic mass is 9.99. The van der Waals surface area contributed by atoms with Crippen LogP contribution in [0.15, 0.2) is 30.5 Å². The average molecular weight is 396 g/mol. The molecule has 0 bridgehead atoms. The number of aromatic carboxylic acids is 1. The molecule has 154 valence electrons. The summed E-state index contributed by atoms with van der Waals surface area (Å²) in [7, 11) is 1.62. The van der Waals surface area contributed by atoms with Gasteiger partial charge >= 0.3 is 5.97 Å². The molecule has 0 unspecified atom stereocenters. The maximum absolute atomic E-state index is 12.0. The van der Waals surface area contributed by atoms with Gasteiger partial charge in [0, 0.05) is 24.4 Å². The Kier molecular flexibility index (Phi) is 6.23. The fourth-order valence-corrected chi connectivity index (χ4v) is 3.69. The van der Waals surface area contributed by atoms with E-state index in [0.29, 0.717) is 30.9 Å². The Morgan fingerprint density at radius 2 is 1.93 bits per heavy atom. The van der Waals surface area contributed by atoms with E-state index in [1.54, 1.807) is 13.3 Å². The molecule has 6 heteroatoms. The Bertz CT molecular complexity index is 1020. The van der Waals surface area contributed by atoms with E-state index in [1.165, 1.54) is 0 Å². The summed E-state index contributed by atoms with van der Waals surface area (Å²) < 4.78 is 12.8. The van der Waals surface area contributed by atoms with Crippen molar-refractivity contribution in [2.45, 2.75) is 40.2 Å². The fraction of sp³-hybridized carbons (Fsp3) is 0.391. The average Bonchev–Trinajstić information content (AvgIpc) is 2.99. The second-order valence-corrected chi connectivity index (χ2v) is 7.66. The number of carboxylic acid groups (broad SMARTS) is 1. The van der Waals surface area contributed by atoms with Gasteiger partial charge in [0.05, 0.1) is 29.9 Å². The molecule has 0 aliphatic carbocycles. The first kappa shape index (κ1) is 20.9. The van der Waals surface area contributed by atoms with Gasteiger partial charge in [0.15, 0.2) is 0 Å². The number of benzene rings is 1. The van der Waals surface area contributed by atoms with E-state index >= 15 is 0 Å². The van der Waals surface area contributed by atoms with Crippen LogP contribution in [0, 0.1) is 13.8 Å². The number of carboxylic acids is 1. The molecule has 3 rings (SSSR count). The van der Waals surface area contributed by atoms with Crippen molar-refractivity contribution >= 4 is 16.9 Å². The second kappa shape index (κ2) is 8.66. The van der Waals surface area contributed by atoms with Gasteiger partial charge in [0.2, 0.25) is 0 Å². The van der Waals surface area contributed by atoms with Gasteiger partial charge in [0.25, 0.3) is 0 Å². The summed E-state index contributed by atoms with van der Waals surface area (Å²) in [6.07, 6.45) is 1.71. The Morgan fingerprint density at radius 3 is 2.55 bits per heavy atom. The number of rotatable bonds is 8. The number of carbonyl (C=O) groups is 1. The van der Waals surface area contributed by atoms with Crippen molar-refractivity contribution in [2.75, 3.05) is 20.3 Å². The van der Waals surface area contributed by atoms with Gasteiger partial charge in [-0.15, -0.1) is 0 Å². The first-order chi connectivity index (χ1) is 13.8. The minimum atomic E-state index is -0.953. The molecular formula is C23H28N2O4. The minimum absolute atomic E-state index is 0.200.